The van der Waals surface area contributed by atoms with Gasteiger partial charge in [-0.3, -0.25) is 4.79 Å². The summed E-state index contributed by atoms with van der Waals surface area (Å²) in [6, 6.07) is 9.69. The van der Waals surface area contributed by atoms with E-state index in [0.29, 0.717) is 13.0 Å². The molecular weight excluding hydrogens is 252 g/mol. The summed E-state index contributed by atoms with van der Waals surface area (Å²) >= 11 is 0. The Bertz CT molecular complexity index is 585. The zero-order chi connectivity index (χ0) is 14.5. The summed E-state index contributed by atoms with van der Waals surface area (Å²) in [6.45, 7) is 4.51. The van der Waals surface area contributed by atoms with Gasteiger partial charge in [0.05, 0.1) is 13.5 Å². The second-order valence-corrected chi connectivity index (χ2v) is 4.90. The van der Waals surface area contributed by atoms with E-state index in [-0.39, 0.29) is 5.91 Å². The van der Waals surface area contributed by atoms with Crippen molar-refractivity contribution in [3.8, 4) is 5.75 Å². The van der Waals surface area contributed by atoms with Crippen molar-refractivity contribution in [3.63, 3.8) is 0 Å². The highest BCUT2D eigenvalue weighted by atomic mass is 16.5. The second-order valence-electron chi connectivity index (χ2n) is 4.90. The molecule has 106 valence electrons. The fraction of sp³-hybridized carbons (Fsp3) is 0.312. The SMILES string of the molecule is COc1ccc(CNC(=O)Cc2cc(C)[nH]c2C)cc1. The number of aromatic nitrogens is 1. The van der Waals surface area contributed by atoms with E-state index in [1.807, 2.05) is 44.2 Å². The van der Waals surface area contributed by atoms with E-state index in [2.05, 4.69) is 10.3 Å². The molecule has 0 atom stereocenters. The Hall–Kier alpha value is -2.23. The van der Waals surface area contributed by atoms with Crippen molar-refractivity contribution in [1.29, 1.82) is 0 Å². The minimum Gasteiger partial charge on any atom is -0.497 e. The first-order valence-corrected chi connectivity index (χ1v) is 6.63. The molecule has 2 rings (SSSR count). The van der Waals surface area contributed by atoms with Gasteiger partial charge < -0.3 is 15.0 Å². The monoisotopic (exact) mass is 272 g/mol. The van der Waals surface area contributed by atoms with Gasteiger partial charge in [-0.15, -0.1) is 0 Å². The Morgan fingerprint density at radius 3 is 2.50 bits per heavy atom. The Morgan fingerprint density at radius 1 is 1.25 bits per heavy atom. The molecule has 1 aromatic carbocycles. The molecule has 2 aromatic rings. The number of hydrogen-bond donors (Lipinski definition) is 2. The van der Waals surface area contributed by atoms with Gasteiger partial charge in [0.2, 0.25) is 5.91 Å². The molecule has 0 bridgehead atoms. The van der Waals surface area contributed by atoms with E-state index in [1.165, 1.54) is 0 Å². The molecule has 0 saturated carbocycles. The third kappa shape index (κ3) is 3.63. The van der Waals surface area contributed by atoms with Crippen molar-refractivity contribution in [2.45, 2.75) is 26.8 Å². The Morgan fingerprint density at radius 2 is 1.95 bits per heavy atom. The zero-order valence-electron chi connectivity index (χ0n) is 12.1. The lowest BCUT2D eigenvalue weighted by molar-refractivity contribution is -0.120. The van der Waals surface area contributed by atoms with Gasteiger partial charge in [-0.05, 0) is 43.2 Å². The van der Waals surface area contributed by atoms with Gasteiger partial charge >= 0.3 is 0 Å². The maximum Gasteiger partial charge on any atom is 0.224 e. The molecule has 0 radical (unpaired) electrons. The number of methoxy groups -OCH3 is 1. The van der Waals surface area contributed by atoms with Crippen LogP contribution in [0.25, 0.3) is 0 Å². The first-order chi connectivity index (χ1) is 9.58. The second kappa shape index (κ2) is 6.28. The molecule has 0 unspecified atom stereocenters. The summed E-state index contributed by atoms with van der Waals surface area (Å²) in [5, 5.41) is 2.93. The number of benzene rings is 1. The van der Waals surface area contributed by atoms with Crippen molar-refractivity contribution in [1.82, 2.24) is 10.3 Å². The smallest absolute Gasteiger partial charge is 0.224 e. The van der Waals surface area contributed by atoms with E-state index in [9.17, 15) is 4.79 Å². The molecular formula is C16H20N2O2. The first-order valence-electron chi connectivity index (χ1n) is 6.63. The maximum absolute atomic E-state index is 11.9. The molecule has 1 amide bonds. The van der Waals surface area contributed by atoms with Crippen LogP contribution in [0.5, 0.6) is 5.75 Å². The van der Waals surface area contributed by atoms with Crippen LogP contribution >= 0.6 is 0 Å². The molecule has 4 nitrogen and oxygen atoms in total. The first kappa shape index (κ1) is 14.2. The Kier molecular flexibility index (Phi) is 4.45. The Labute approximate surface area is 119 Å². The largest absolute Gasteiger partial charge is 0.497 e. The molecule has 0 aliphatic carbocycles. The lowest BCUT2D eigenvalue weighted by Crippen LogP contribution is -2.24. The van der Waals surface area contributed by atoms with E-state index < -0.39 is 0 Å². The van der Waals surface area contributed by atoms with Crippen LogP contribution in [0.15, 0.2) is 30.3 Å². The van der Waals surface area contributed by atoms with Gasteiger partial charge in [0, 0.05) is 17.9 Å². The van der Waals surface area contributed by atoms with Gasteiger partial charge in [-0.1, -0.05) is 12.1 Å². The number of carbonyl (C=O) groups excluding carboxylic acids is 1. The lowest BCUT2D eigenvalue weighted by Gasteiger charge is -2.06. The number of amides is 1. The number of nitrogens with one attached hydrogen (secondary N) is 2. The van der Waals surface area contributed by atoms with E-state index >= 15 is 0 Å². The van der Waals surface area contributed by atoms with Gasteiger partial charge in [0.25, 0.3) is 0 Å². The molecule has 20 heavy (non-hydrogen) atoms. The minimum atomic E-state index is 0.0305. The van der Waals surface area contributed by atoms with Crippen LogP contribution in [0.2, 0.25) is 0 Å². The lowest BCUT2D eigenvalue weighted by atomic mass is 10.1. The van der Waals surface area contributed by atoms with Crippen LogP contribution in [0.1, 0.15) is 22.5 Å². The number of aryl methyl sites for hydroxylation is 2. The molecule has 0 saturated heterocycles. The van der Waals surface area contributed by atoms with Gasteiger partial charge in [0.1, 0.15) is 5.75 Å². The fourth-order valence-electron chi connectivity index (χ4n) is 2.14. The average molecular weight is 272 g/mol. The van der Waals surface area contributed by atoms with Crippen LogP contribution in [0.3, 0.4) is 0 Å². The Balaban J connectivity index is 1.87. The predicted molar refractivity (Wildman–Crippen MR) is 78.8 cm³/mol. The summed E-state index contributed by atoms with van der Waals surface area (Å²) in [6.07, 6.45) is 0.409. The molecule has 1 heterocycles. The molecule has 0 fully saturated rings. The minimum absolute atomic E-state index is 0.0305. The number of hydrogen-bond acceptors (Lipinski definition) is 2. The average Bonchev–Trinajstić information content (AvgIpc) is 2.75. The number of carbonyl (C=O) groups is 1. The molecule has 1 aromatic heterocycles. The molecule has 0 spiro atoms. The summed E-state index contributed by atoms with van der Waals surface area (Å²) < 4.78 is 5.10. The van der Waals surface area contributed by atoms with E-state index in [4.69, 9.17) is 4.74 Å². The van der Waals surface area contributed by atoms with Crippen molar-refractivity contribution < 1.29 is 9.53 Å². The van der Waals surface area contributed by atoms with Crippen LogP contribution < -0.4 is 10.1 Å². The van der Waals surface area contributed by atoms with Crippen LogP contribution in [0, 0.1) is 13.8 Å². The standard InChI is InChI=1S/C16H20N2O2/c1-11-8-14(12(2)18-11)9-16(19)17-10-13-4-6-15(20-3)7-5-13/h4-8,18H,9-10H2,1-3H3,(H,17,19). The normalized spacial score (nSPS) is 10.3. The third-order valence-corrected chi connectivity index (χ3v) is 3.26. The summed E-state index contributed by atoms with van der Waals surface area (Å²) in [4.78, 5) is 15.1. The maximum atomic E-state index is 11.9. The van der Waals surface area contributed by atoms with E-state index in [0.717, 1.165) is 28.3 Å². The predicted octanol–water partition coefficient (Wildman–Crippen LogP) is 2.50. The van der Waals surface area contributed by atoms with Gasteiger partial charge in [-0.2, -0.15) is 0 Å². The highest BCUT2D eigenvalue weighted by Gasteiger charge is 2.08. The van der Waals surface area contributed by atoms with Crippen molar-refractivity contribution >= 4 is 5.91 Å². The van der Waals surface area contributed by atoms with Gasteiger partial charge in [-0.25, -0.2) is 0 Å². The highest BCUT2D eigenvalue weighted by molar-refractivity contribution is 5.78. The van der Waals surface area contributed by atoms with Crippen molar-refractivity contribution in [3.05, 3.63) is 52.8 Å². The molecule has 2 N–H and O–H groups in total. The molecule has 0 aliphatic rings. The van der Waals surface area contributed by atoms with E-state index in [1.54, 1.807) is 7.11 Å². The highest BCUT2D eigenvalue weighted by Crippen LogP contribution is 2.12. The van der Waals surface area contributed by atoms with Crippen LogP contribution in [-0.4, -0.2) is 18.0 Å². The van der Waals surface area contributed by atoms with Crippen LogP contribution in [-0.2, 0) is 17.8 Å². The number of ether oxygens (including phenoxy) is 1. The molecule has 4 heteroatoms. The van der Waals surface area contributed by atoms with Gasteiger partial charge in [0.15, 0.2) is 0 Å². The quantitative estimate of drug-likeness (QED) is 0.878. The zero-order valence-corrected chi connectivity index (χ0v) is 12.1. The number of aromatic amines is 1. The number of rotatable bonds is 5. The topological polar surface area (TPSA) is 54.1 Å². The van der Waals surface area contributed by atoms with Crippen molar-refractivity contribution in [2.75, 3.05) is 7.11 Å². The summed E-state index contributed by atoms with van der Waals surface area (Å²) in [5.74, 6) is 0.849. The number of H-pyrrole nitrogens is 1. The van der Waals surface area contributed by atoms with Crippen molar-refractivity contribution in [2.24, 2.45) is 0 Å². The van der Waals surface area contributed by atoms with Crippen LogP contribution in [0.4, 0.5) is 0 Å². The fourth-order valence-corrected chi connectivity index (χ4v) is 2.14. The third-order valence-electron chi connectivity index (χ3n) is 3.26. The summed E-state index contributed by atoms with van der Waals surface area (Å²) in [5.41, 5.74) is 4.25. The molecule has 0 aliphatic heterocycles. The summed E-state index contributed by atoms with van der Waals surface area (Å²) in [7, 11) is 1.64.